The molecule has 98 valence electrons. The van der Waals surface area contributed by atoms with Crippen LogP contribution in [0.4, 0.5) is 0 Å². The van der Waals surface area contributed by atoms with E-state index in [0.717, 1.165) is 32.4 Å². The average molecular weight is 250 g/mol. The maximum absolute atomic E-state index is 12.1. The number of carbonyl (C=O) groups excluding carboxylic acids is 1. The van der Waals surface area contributed by atoms with Crippen molar-refractivity contribution in [1.29, 1.82) is 0 Å². The van der Waals surface area contributed by atoms with Gasteiger partial charge in [0.1, 0.15) is 5.69 Å². The average Bonchev–Trinajstić information content (AvgIpc) is 2.40. The van der Waals surface area contributed by atoms with Gasteiger partial charge in [-0.1, -0.05) is 0 Å². The van der Waals surface area contributed by atoms with Crippen LogP contribution in [0.3, 0.4) is 0 Å². The van der Waals surface area contributed by atoms with Crippen molar-refractivity contribution in [2.24, 2.45) is 11.7 Å². The Morgan fingerprint density at radius 2 is 2.17 bits per heavy atom. The minimum atomic E-state index is -0.298. The molecule has 0 atom stereocenters. The van der Waals surface area contributed by atoms with Crippen molar-refractivity contribution >= 4 is 5.91 Å². The summed E-state index contributed by atoms with van der Waals surface area (Å²) in [6.07, 6.45) is 3.01. The Hall–Kier alpha value is -1.69. The monoisotopic (exact) mass is 250 g/mol. The number of nitrogens with one attached hydrogen (secondary N) is 1. The quantitative estimate of drug-likeness (QED) is 0.788. The van der Waals surface area contributed by atoms with Gasteiger partial charge in [0, 0.05) is 19.2 Å². The van der Waals surface area contributed by atoms with E-state index < -0.39 is 0 Å². The van der Waals surface area contributed by atoms with Crippen molar-refractivity contribution in [2.45, 2.75) is 19.3 Å². The Labute approximate surface area is 105 Å². The zero-order valence-corrected chi connectivity index (χ0v) is 10.3. The van der Waals surface area contributed by atoms with Gasteiger partial charge in [-0.3, -0.25) is 9.59 Å². The second kappa shape index (κ2) is 5.77. The second-order valence-corrected chi connectivity index (χ2v) is 4.62. The van der Waals surface area contributed by atoms with E-state index in [-0.39, 0.29) is 11.5 Å². The van der Waals surface area contributed by atoms with E-state index in [2.05, 4.69) is 10.2 Å². The first-order chi connectivity index (χ1) is 8.70. The standard InChI is InChI=1S/C12H18N4O2/c13-6-3-9-4-7-16(8-5-9)12(18)10-1-2-11(17)15-14-10/h1-2,9H,3-8,13H2,(H,15,17). The van der Waals surface area contributed by atoms with Crippen LogP contribution in [0.2, 0.25) is 0 Å². The van der Waals surface area contributed by atoms with E-state index in [1.54, 1.807) is 4.90 Å². The topological polar surface area (TPSA) is 92.1 Å². The van der Waals surface area contributed by atoms with E-state index in [0.29, 0.717) is 18.2 Å². The molecular formula is C12H18N4O2. The number of H-pyrrole nitrogens is 1. The zero-order chi connectivity index (χ0) is 13.0. The van der Waals surface area contributed by atoms with Gasteiger partial charge in [-0.2, -0.15) is 5.10 Å². The number of aromatic amines is 1. The number of rotatable bonds is 3. The summed E-state index contributed by atoms with van der Waals surface area (Å²) >= 11 is 0. The van der Waals surface area contributed by atoms with Crippen LogP contribution in [-0.2, 0) is 0 Å². The lowest BCUT2D eigenvalue weighted by molar-refractivity contribution is 0.0680. The summed E-state index contributed by atoms with van der Waals surface area (Å²) in [4.78, 5) is 24.8. The number of carbonyl (C=O) groups is 1. The van der Waals surface area contributed by atoms with Crippen LogP contribution in [0.1, 0.15) is 29.8 Å². The predicted octanol–water partition coefficient (Wildman–Crippen LogP) is -0.0291. The van der Waals surface area contributed by atoms with E-state index in [1.807, 2.05) is 0 Å². The van der Waals surface area contributed by atoms with Crippen LogP contribution < -0.4 is 11.3 Å². The number of nitrogens with zero attached hydrogens (tertiary/aromatic N) is 2. The van der Waals surface area contributed by atoms with Crippen molar-refractivity contribution in [3.63, 3.8) is 0 Å². The van der Waals surface area contributed by atoms with E-state index in [1.165, 1.54) is 12.1 Å². The molecule has 0 bridgehead atoms. The molecule has 2 heterocycles. The minimum absolute atomic E-state index is 0.113. The molecule has 1 aliphatic heterocycles. The highest BCUT2D eigenvalue weighted by atomic mass is 16.2. The fraction of sp³-hybridized carbons (Fsp3) is 0.583. The maximum Gasteiger partial charge on any atom is 0.274 e. The van der Waals surface area contributed by atoms with Gasteiger partial charge in [-0.15, -0.1) is 0 Å². The van der Waals surface area contributed by atoms with Gasteiger partial charge < -0.3 is 10.6 Å². The molecule has 1 aromatic heterocycles. The van der Waals surface area contributed by atoms with Crippen LogP contribution in [0.5, 0.6) is 0 Å². The highest BCUT2D eigenvalue weighted by Crippen LogP contribution is 2.20. The highest BCUT2D eigenvalue weighted by molar-refractivity contribution is 5.92. The number of nitrogens with two attached hydrogens (primary N) is 1. The summed E-state index contributed by atoms with van der Waals surface area (Å²) < 4.78 is 0. The Morgan fingerprint density at radius 3 is 2.72 bits per heavy atom. The number of aromatic nitrogens is 2. The summed E-state index contributed by atoms with van der Waals surface area (Å²) in [6.45, 7) is 2.19. The number of hydrogen-bond donors (Lipinski definition) is 2. The van der Waals surface area contributed by atoms with Crippen molar-refractivity contribution in [2.75, 3.05) is 19.6 Å². The van der Waals surface area contributed by atoms with Crippen LogP contribution in [0.25, 0.3) is 0 Å². The lowest BCUT2D eigenvalue weighted by atomic mass is 9.93. The summed E-state index contributed by atoms with van der Waals surface area (Å²) in [5.74, 6) is 0.514. The van der Waals surface area contributed by atoms with Gasteiger partial charge >= 0.3 is 0 Å². The summed E-state index contributed by atoms with van der Waals surface area (Å²) in [5, 5.41) is 6.04. The molecule has 6 heteroatoms. The van der Waals surface area contributed by atoms with Crippen LogP contribution in [0, 0.1) is 5.92 Å². The molecule has 1 amide bonds. The highest BCUT2D eigenvalue weighted by Gasteiger charge is 2.23. The second-order valence-electron chi connectivity index (χ2n) is 4.62. The maximum atomic E-state index is 12.1. The minimum Gasteiger partial charge on any atom is -0.337 e. The van der Waals surface area contributed by atoms with Gasteiger partial charge in [0.05, 0.1) is 0 Å². The molecule has 1 aromatic rings. The van der Waals surface area contributed by atoms with Crippen molar-refractivity contribution in [3.05, 3.63) is 28.2 Å². The molecule has 0 saturated carbocycles. The Morgan fingerprint density at radius 1 is 1.44 bits per heavy atom. The van der Waals surface area contributed by atoms with Gasteiger partial charge in [0.2, 0.25) is 0 Å². The molecule has 6 nitrogen and oxygen atoms in total. The van der Waals surface area contributed by atoms with Gasteiger partial charge in [0.25, 0.3) is 11.5 Å². The lowest BCUT2D eigenvalue weighted by Gasteiger charge is -2.31. The third-order valence-corrected chi connectivity index (χ3v) is 3.37. The predicted molar refractivity (Wildman–Crippen MR) is 67.2 cm³/mol. The first-order valence-electron chi connectivity index (χ1n) is 6.26. The first-order valence-corrected chi connectivity index (χ1v) is 6.26. The molecule has 0 unspecified atom stereocenters. The van der Waals surface area contributed by atoms with Crippen LogP contribution in [0.15, 0.2) is 16.9 Å². The number of piperidine rings is 1. The van der Waals surface area contributed by atoms with E-state index >= 15 is 0 Å². The smallest absolute Gasteiger partial charge is 0.274 e. The fourth-order valence-corrected chi connectivity index (χ4v) is 2.29. The first kappa shape index (κ1) is 12.8. The number of hydrogen-bond acceptors (Lipinski definition) is 4. The molecule has 1 aliphatic rings. The van der Waals surface area contributed by atoms with Crippen molar-refractivity contribution in [3.8, 4) is 0 Å². The normalized spacial score (nSPS) is 16.8. The molecular weight excluding hydrogens is 232 g/mol. The SMILES string of the molecule is NCCC1CCN(C(=O)c2ccc(=O)[nH]n2)CC1. The van der Waals surface area contributed by atoms with E-state index in [9.17, 15) is 9.59 Å². The molecule has 18 heavy (non-hydrogen) atoms. The molecule has 1 fully saturated rings. The van der Waals surface area contributed by atoms with Gasteiger partial charge in [0.15, 0.2) is 0 Å². The Bertz CT molecular complexity index is 443. The number of amides is 1. The third kappa shape index (κ3) is 2.95. The van der Waals surface area contributed by atoms with Gasteiger partial charge in [-0.05, 0) is 37.8 Å². The molecule has 0 radical (unpaired) electrons. The lowest BCUT2D eigenvalue weighted by Crippen LogP contribution is -2.39. The largest absolute Gasteiger partial charge is 0.337 e. The summed E-state index contributed by atoms with van der Waals surface area (Å²) in [6, 6.07) is 2.79. The van der Waals surface area contributed by atoms with Gasteiger partial charge in [-0.25, -0.2) is 5.10 Å². The summed E-state index contributed by atoms with van der Waals surface area (Å²) in [5.41, 5.74) is 5.53. The Balaban J connectivity index is 1.95. The van der Waals surface area contributed by atoms with Crippen molar-refractivity contribution in [1.82, 2.24) is 15.1 Å². The third-order valence-electron chi connectivity index (χ3n) is 3.37. The molecule has 2 rings (SSSR count). The molecule has 3 N–H and O–H groups in total. The van der Waals surface area contributed by atoms with Crippen LogP contribution in [-0.4, -0.2) is 40.6 Å². The Kier molecular flexibility index (Phi) is 4.09. The number of likely N-dealkylation sites (tertiary alicyclic amines) is 1. The molecule has 0 aromatic carbocycles. The molecule has 1 saturated heterocycles. The van der Waals surface area contributed by atoms with E-state index in [4.69, 9.17) is 5.73 Å². The van der Waals surface area contributed by atoms with Crippen molar-refractivity contribution < 1.29 is 4.79 Å². The fourth-order valence-electron chi connectivity index (χ4n) is 2.29. The van der Waals surface area contributed by atoms with Crippen LogP contribution >= 0.6 is 0 Å². The molecule has 0 spiro atoms. The summed E-state index contributed by atoms with van der Waals surface area (Å²) in [7, 11) is 0. The zero-order valence-electron chi connectivity index (χ0n) is 10.3. The molecule has 0 aliphatic carbocycles.